The van der Waals surface area contributed by atoms with E-state index in [1.54, 1.807) is 6.20 Å². The van der Waals surface area contributed by atoms with Gasteiger partial charge in [-0.15, -0.1) is 0 Å². The first-order chi connectivity index (χ1) is 7.11. The molecule has 0 aliphatic heterocycles. The second kappa shape index (κ2) is 5.63. The molecule has 4 nitrogen and oxygen atoms in total. The Balaban J connectivity index is 2.82. The molecule has 0 atom stereocenters. The molecule has 15 heavy (non-hydrogen) atoms. The molecule has 0 amide bonds. The third-order valence-corrected chi connectivity index (χ3v) is 2.64. The summed E-state index contributed by atoms with van der Waals surface area (Å²) in [6.07, 6.45) is 1.74. The predicted octanol–water partition coefficient (Wildman–Crippen LogP) is 0.892. The Kier molecular flexibility index (Phi) is 4.46. The molecular weight excluding hydrogens is 255 g/mol. The standard InChI is InChI=1S/C10H13N4Se/c1-8(9-6-4-5-7-11-9)12-13-10(15)14(2)3/h4-7H,1-3H3/b12-8+,13-10-. The topological polar surface area (TPSA) is 40.9 Å². The summed E-state index contributed by atoms with van der Waals surface area (Å²) >= 11 is 2.83. The van der Waals surface area contributed by atoms with Crippen LogP contribution >= 0.6 is 0 Å². The van der Waals surface area contributed by atoms with Crippen molar-refractivity contribution in [1.82, 2.24) is 9.88 Å². The number of hydrogen-bond acceptors (Lipinski definition) is 3. The van der Waals surface area contributed by atoms with Crippen molar-refractivity contribution in [1.29, 1.82) is 0 Å². The molecule has 1 aromatic rings. The van der Waals surface area contributed by atoms with Gasteiger partial charge < -0.3 is 0 Å². The summed E-state index contributed by atoms with van der Waals surface area (Å²) < 4.78 is 0.741. The van der Waals surface area contributed by atoms with Crippen LogP contribution in [0.1, 0.15) is 12.6 Å². The van der Waals surface area contributed by atoms with E-state index >= 15 is 0 Å². The van der Waals surface area contributed by atoms with Crippen LogP contribution in [0, 0.1) is 0 Å². The molecule has 0 N–H and O–H groups in total. The van der Waals surface area contributed by atoms with Crippen molar-refractivity contribution in [2.45, 2.75) is 6.92 Å². The van der Waals surface area contributed by atoms with Crippen molar-refractivity contribution in [2.24, 2.45) is 10.2 Å². The summed E-state index contributed by atoms with van der Waals surface area (Å²) in [5.41, 5.74) is 1.64. The van der Waals surface area contributed by atoms with Gasteiger partial charge in [0, 0.05) is 0 Å². The molecule has 1 aromatic heterocycles. The van der Waals surface area contributed by atoms with Gasteiger partial charge in [0.05, 0.1) is 0 Å². The molecule has 0 aromatic carbocycles. The SMILES string of the molecule is C/C(=N\N=C(/[Se])N(C)C)c1ccccn1. The molecular formula is C10H13N4Se. The van der Waals surface area contributed by atoms with Gasteiger partial charge in [-0.2, -0.15) is 0 Å². The van der Waals surface area contributed by atoms with Crippen molar-refractivity contribution in [3.8, 4) is 0 Å². The second-order valence-corrected chi connectivity index (χ2v) is 3.94. The van der Waals surface area contributed by atoms with E-state index < -0.39 is 0 Å². The van der Waals surface area contributed by atoms with E-state index in [2.05, 4.69) is 31.2 Å². The number of rotatable bonds is 2. The molecule has 0 unspecified atom stereocenters. The van der Waals surface area contributed by atoms with Gasteiger partial charge >= 0.3 is 97.7 Å². The summed E-state index contributed by atoms with van der Waals surface area (Å²) in [6.45, 7) is 1.88. The Hall–Kier alpha value is -1.19. The fraction of sp³-hybridized carbons (Fsp3) is 0.300. The third kappa shape index (κ3) is 3.81. The maximum absolute atomic E-state index is 4.18. The molecule has 5 heteroatoms. The molecule has 79 valence electrons. The zero-order valence-corrected chi connectivity index (χ0v) is 10.7. The van der Waals surface area contributed by atoms with Crippen molar-refractivity contribution < 1.29 is 0 Å². The van der Waals surface area contributed by atoms with Gasteiger partial charge in [0.2, 0.25) is 0 Å². The van der Waals surface area contributed by atoms with E-state index in [0.29, 0.717) is 0 Å². The molecule has 0 bridgehead atoms. The van der Waals surface area contributed by atoms with Gasteiger partial charge in [0.1, 0.15) is 0 Å². The predicted molar refractivity (Wildman–Crippen MR) is 63.3 cm³/mol. The molecule has 0 saturated heterocycles. The molecule has 1 heterocycles. The van der Waals surface area contributed by atoms with Crippen molar-refractivity contribution in [3.63, 3.8) is 0 Å². The van der Waals surface area contributed by atoms with E-state index in [-0.39, 0.29) is 0 Å². The van der Waals surface area contributed by atoms with Gasteiger partial charge in [-0.05, 0) is 0 Å². The van der Waals surface area contributed by atoms with E-state index in [0.717, 1.165) is 16.1 Å². The Morgan fingerprint density at radius 3 is 2.60 bits per heavy atom. The molecule has 0 fully saturated rings. The average molecular weight is 268 g/mol. The van der Waals surface area contributed by atoms with Crippen LogP contribution in [0.5, 0.6) is 0 Å². The maximum atomic E-state index is 4.18. The van der Waals surface area contributed by atoms with Crippen LogP contribution in [0.2, 0.25) is 0 Å². The number of amidine groups is 1. The molecule has 0 spiro atoms. The van der Waals surface area contributed by atoms with Crippen LogP contribution in [0.25, 0.3) is 0 Å². The summed E-state index contributed by atoms with van der Waals surface area (Å²) in [6, 6.07) is 5.71. The Bertz CT molecular complexity index is 370. The minimum absolute atomic E-state index is 0.741. The Morgan fingerprint density at radius 1 is 1.33 bits per heavy atom. The first-order valence-corrected chi connectivity index (χ1v) is 5.35. The molecule has 0 aliphatic carbocycles. The van der Waals surface area contributed by atoms with Crippen LogP contribution in [0.15, 0.2) is 34.6 Å². The molecule has 1 rings (SSSR count). The second-order valence-electron chi connectivity index (χ2n) is 3.18. The fourth-order valence-electron chi connectivity index (χ4n) is 0.835. The molecule has 0 saturated carbocycles. The number of nitrogens with zero attached hydrogens (tertiary/aromatic N) is 4. The van der Waals surface area contributed by atoms with Gasteiger partial charge in [0.25, 0.3) is 0 Å². The number of hydrogen-bond donors (Lipinski definition) is 0. The van der Waals surface area contributed by atoms with E-state index in [1.807, 2.05) is 44.1 Å². The summed E-state index contributed by atoms with van der Waals surface area (Å²) in [7, 11) is 3.81. The van der Waals surface area contributed by atoms with E-state index in [4.69, 9.17) is 0 Å². The van der Waals surface area contributed by atoms with Crippen LogP contribution in [-0.2, 0) is 0 Å². The first kappa shape index (κ1) is 11.9. The summed E-state index contributed by atoms with van der Waals surface area (Å²) in [5, 5.41) is 8.12. The molecule has 0 aliphatic rings. The normalized spacial score (nSPS) is 12.7. The Morgan fingerprint density at radius 2 is 2.07 bits per heavy atom. The van der Waals surface area contributed by atoms with E-state index in [1.165, 1.54) is 0 Å². The third-order valence-electron chi connectivity index (χ3n) is 1.70. The summed E-state index contributed by atoms with van der Waals surface area (Å²) in [5.74, 6) is 0. The van der Waals surface area contributed by atoms with Crippen LogP contribution in [0.4, 0.5) is 0 Å². The van der Waals surface area contributed by atoms with Gasteiger partial charge in [-0.3, -0.25) is 0 Å². The summed E-state index contributed by atoms with van der Waals surface area (Å²) in [4.78, 5) is 6.03. The zero-order chi connectivity index (χ0) is 11.3. The average Bonchev–Trinajstić information content (AvgIpc) is 2.26. The van der Waals surface area contributed by atoms with Crippen molar-refractivity contribution in [3.05, 3.63) is 30.1 Å². The van der Waals surface area contributed by atoms with Crippen LogP contribution < -0.4 is 0 Å². The minimum atomic E-state index is 0.741. The zero-order valence-electron chi connectivity index (χ0n) is 9.01. The van der Waals surface area contributed by atoms with Crippen LogP contribution in [0.3, 0.4) is 0 Å². The van der Waals surface area contributed by atoms with Crippen molar-refractivity contribution in [2.75, 3.05) is 14.1 Å². The first-order valence-electron chi connectivity index (χ1n) is 4.49. The monoisotopic (exact) mass is 269 g/mol. The van der Waals surface area contributed by atoms with Gasteiger partial charge in [-0.25, -0.2) is 0 Å². The van der Waals surface area contributed by atoms with Crippen molar-refractivity contribution >= 4 is 26.5 Å². The Labute approximate surface area is 97.9 Å². The van der Waals surface area contributed by atoms with Gasteiger partial charge in [-0.1, -0.05) is 0 Å². The van der Waals surface area contributed by atoms with E-state index in [9.17, 15) is 0 Å². The van der Waals surface area contributed by atoms with Gasteiger partial charge in [0.15, 0.2) is 0 Å². The fourth-order valence-corrected chi connectivity index (χ4v) is 0.921. The molecule has 1 radical (unpaired) electrons. The quantitative estimate of drug-likeness (QED) is 0.346. The number of pyridine rings is 1. The van der Waals surface area contributed by atoms with Crippen LogP contribution in [-0.4, -0.2) is 50.4 Å². The number of aromatic nitrogens is 1.